The molecule has 0 spiro atoms. The second-order valence-electron chi connectivity index (χ2n) is 8.44. The van der Waals surface area contributed by atoms with Gasteiger partial charge >= 0.3 is 5.76 Å². The monoisotopic (exact) mass is 395 g/mol. The van der Waals surface area contributed by atoms with Crippen LogP contribution in [0.25, 0.3) is 11.1 Å². The number of sulfonamides is 1. The lowest BCUT2D eigenvalue weighted by atomic mass is 9.86. The molecule has 7 nitrogen and oxygen atoms in total. The van der Waals surface area contributed by atoms with Crippen molar-refractivity contribution in [3.63, 3.8) is 0 Å². The Balaban J connectivity index is 1.52. The average Bonchev–Trinajstić information content (AvgIpc) is 2.87. The standard InChI is InChI=1S/C19H29N3O4S/c1-19(2,3)27(24,25)21-14-7-5-13(6-8-14)12-20-15-9-10-16-17(11-15)26-18(23)22(16)4/h9-11,13-14,20-21H,5-8,12H2,1-4H3/t13-,14-. The number of hydrogen-bond donors (Lipinski definition) is 2. The van der Waals surface area contributed by atoms with E-state index >= 15 is 0 Å². The smallest absolute Gasteiger partial charge is 0.408 e. The van der Waals surface area contributed by atoms with E-state index in [4.69, 9.17) is 4.42 Å². The summed E-state index contributed by atoms with van der Waals surface area (Å²) >= 11 is 0. The lowest BCUT2D eigenvalue weighted by Crippen LogP contribution is -2.46. The van der Waals surface area contributed by atoms with Crippen LogP contribution in [0.15, 0.2) is 27.4 Å². The van der Waals surface area contributed by atoms with E-state index in [9.17, 15) is 13.2 Å². The van der Waals surface area contributed by atoms with Gasteiger partial charge in [-0.05, 0) is 64.5 Å². The van der Waals surface area contributed by atoms with E-state index in [1.54, 1.807) is 27.8 Å². The highest BCUT2D eigenvalue weighted by molar-refractivity contribution is 7.90. The van der Waals surface area contributed by atoms with E-state index in [0.717, 1.165) is 43.4 Å². The lowest BCUT2D eigenvalue weighted by molar-refractivity contribution is 0.322. The molecule has 150 valence electrons. The predicted octanol–water partition coefficient (Wildman–Crippen LogP) is 2.82. The second-order valence-corrected chi connectivity index (χ2v) is 10.9. The molecule has 0 saturated heterocycles. The van der Waals surface area contributed by atoms with Crippen molar-refractivity contribution in [1.82, 2.24) is 9.29 Å². The van der Waals surface area contributed by atoms with Crippen LogP contribution in [0.4, 0.5) is 5.69 Å². The minimum atomic E-state index is -3.30. The molecule has 0 aliphatic heterocycles. The molecular weight excluding hydrogens is 366 g/mol. The van der Waals surface area contributed by atoms with Crippen molar-refractivity contribution in [3.8, 4) is 0 Å². The van der Waals surface area contributed by atoms with Gasteiger partial charge in [-0.15, -0.1) is 0 Å². The third-order valence-corrected chi connectivity index (χ3v) is 7.62. The Morgan fingerprint density at radius 1 is 1.19 bits per heavy atom. The summed E-state index contributed by atoms with van der Waals surface area (Å²) in [6, 6.07) is 5.70. The van der Waals surface area contributed by atoms with Crippen molar-refractivity contribution in [1.29, 1.82) is 0 Å². The van der Waals surface area contributed by atoms with Crippen LogP contribution >= 0.6 is 0 Å². The first-order chi connectivity index (χ1) is 12.6. The molecule has 27 heavy (non-hydrogen) atoms. The maximum absolute atomic E-state index is 12.3. The number of fused-ring (bicyclic) bond motifs is 1. The van der Waals surface area contributed by atoms with Gasteiger partial charge < -0.3 is 9.73 Å². The lowest BCUT2D eigenvalue weighted by Gasteiger charge is -2.31. The van der Waals surface area contributed by atoms with Gasteiger partial charge in [0.2, 0.25) is 10.0 Å². The Morgan fingerprint density at radius 2 is 1.85 bits per heavy atom. The molecule has 8 heteroatoms. The minimum Gasteiger partial charge on any atom is -0.408 e. The number of anilines is 1. The number of rotatable bonds is 5. The minimum absolute atomic E-state index is 0.0282. The molecule has 2 aromatic rings. The Kier molecular flexibility index (Phi) is 5.40. The van der Waals surface area contributed by atoms with Gasteiger partial charge in [0.15, 0.2) is 5.58 Å². The van der Waals surface area contributed by atoms with Crippen LogP contribution in [0.2, 0.25) is 0 Å². The second kappa shape index (κ2) is 7.31. The third kappa shape index (κ3) is 4.38. The summed E-state index contributed by atoms with van der Waals surface area (Å²) in [5, 5.41) is 3.41. The van der Waals surface area contributed by atoms with Gasteiger partial charge in [-0.1, -0.05) is 0 Å². The predicted molar refractivity (Wildman–Crippen MR) is 107 cm³/mol. The summed E-state index contributed by atoms with van der Waals surface area (Å²) in [6.45, 7) is 5.98. The van der Waals surface area contributed by atoms with E-state index in [2.05, 4.69) is 10.0 Å². The van der Waals surface area contributed by atoms with Crippen LogP contribution in [0.5, 0.6) is 0 Å². The summed E-state index contributed by atoms with van der Waals surface area (Å²) in [7, 11) is -1.61. The normalized spacial score (nSPS) is 21.5. The fourth-order valence-corrected chi connectivity index (χ4v) is 4.41. The molecule has 0 radical (unpaired) electrons. The zero-order chi connectivity index (χ0) is 19.8. The van der Waals surface area contributed by atoms with E-state index < -0.39 is 14.8 Å². The molecule has 0 bridgehead atoms. The Bertz CT molecular complexity index is 961. The van der Waals surface area contributed by atoms with Gasteiger partial charge in [-0.25, -0.2) is 17.9 Å². The zero-order valence-electron chi connectivity index (χ0n) is 16.4. The fraction of sp³-hybridized carbons (Fsp3) is 0.632. The van der Waals surface area contributed by atoms with Gasteiger partial charge in [0.05, 0.1) is 10.3 Å². The van der Waals surface area contributed by atoms with E-state index in [0.29, 0.717) is 11.5 Å². The van der Waals surface area contributed by atoms with Gasteiger partial charge in [-0.2, -0.15) is 0 Å². The molecule has 1 aromatic heterocycles. The van der Waals surface area contributed by atoms with Gasteiger partial charge in [0.1, 0.15) is 0 Å². The average molecular weight is 396 g/mol. The fourth-order valence-electron chi connectivity index (χ4n) is 3.39. The SMILES string of the molecule is Cn1c(=O)oc2cc(NC[C@H]3CC[C@H](NS(=O)(=O)C(C)(C)C)CC3)ccc21. The molecule has 0 unspecified atom stereocenters. The summed E-state index contributed by atoms with van der Waals surface area (Å²) in [4.78, 5) is 11.6. The number of nitrogens with zero attached hydrogens (tertiary/aromatic N) is 1. The number of aromatic nitrogens is 1. The van der Waals surface area contributed by atoms with Crippen LogP contribution in [0.3, 0.4) is 0 Å². The maximum atomic E-state index is 12.3. The quantitative estimate of drug-likeness (QED) is 0.812. The Hall–Kier alpha value is -1.80. The first-order valence-electron chi connectivity index (χ1n) is 9.42. The van der Waals surface area contributed by atoms with Crippen LogP contribution in [0, 0.1) is 5.92 Å². The van der Waals surface area contributed by atoms with E-state index in [1.807, 2.05) is 18.2 Å². The summed E-state index contributed by atoms with van der Waals surface area (Å²) < 4.78 is 33.4. The summed E-state index contributed by atoms with van der Waals surface area (Å²) in [5.74, 6) is 0.136. The van der Waals surface area contributed by atoms with Crippen molar-refractivity contribution >= 4 is 26.8 Å². The zero-order valence-corrected chi connectivity index (χ0v) is 17.2. The van der Waals surface area contributed by atoms with Crippen molar-refractivity contribution in [3.05, 3.63) is 28.7 Å². The van der Waals surface area contributed by atoms with Crippen molar-refractivity contribution in [2.24, 2.45) is 13.0 Å². The van der Waals surface area contributed by atoms with E-state index in [-0.39, 0.29) is 11.8 Å². The molecule has 0 atom stereocenters. The highest BCUT2D eigenvalue weighted by Crippen LogP contribution is 2.27. The largest absolute Gasteiger partial charge is 0.419 e. The molecule has 1 heterocycles. The summed E-state index contributed by atoms with van der Waals surface area (Å²) in [6.07, 6.45) is 3.67. The number of aryl methyl sites for hydroxylation is 1. The van der Waals surface area contributed by atoms with Crippen LogP contribution in [0.1, 0.15) is 46.5 Å². The molecule has 0 amide bonds. The molecule has 1 saturated carbocycles. The molecule has 1 aromatic carbocycles. The van der Waals surface area contributed by atoms with Crippen LogP contribution in [-0.4, -0.2) is 30.3 Å². The molecular formula is C19H29N3O4S. The summed E-state index contributed by atoms with van der Waals surface area (Å²) in [5.41, 5.74) is 2.28. The molecule has 3 rings (SSSR count). The topological polar surface area (TPSA) is 93.3 Å². The number of oxazole rings is 1. The third-order valence-electron chi connectivity index (χ3n) is 5.36. The van der Waals surface area contributed by atoms with Crippen molar-refractivity contribution in [2.75, 3.05) is 11.9 Å². The molecule has 1 aliphatic rings. The van der Waals surface area contributed by atoms with Crippen molar-refractivity contribution in [2.45, 2.75) is 57.2 Å². The van der Waals surface area contributed by atoms with Gasteiger partial charge in [-0.3, -0.25) is 4.57 Å². The molecule has 1 aliphatic carbocycles. The van der Waals surface area contributed by atoms with Gasteiger partial charge in [0.25, 0.3) is 0 Å². The van der Waals surface area contributed by atoms with Crippen LogP contribution < -0.4 is 15.8 Å². The number of nitrogens with one attached hydrogen (secondary N) is 2. The number of hydrogen-bond acceptors (Lipinski definition) is 5. The van der Waals surface area contributed by atoms with Crippen LogP contribution in [-0.2, 0) is 17.1 Å². The maximum Gasteiger partial charge on any atom is 0.419 e. The van der Waals surface area contributed by atoms with E-state index in [1.165, 1.54) is 4.57 Å². The highest BCUT2D eigenvalue weighted by Gasteiger charge is 2.32. The van der Waals surface area contributed by atoms with Crippen molar-refractivity contribution < 1.29 is 12.8 Å². The number of benzene rings is 1. The molecule has 1 fully saturated rings. The Labute approximate surface area is 160 Å². The van der Waals surface area contributed by atoms with Gasteiger partial charge in [0, 0.05) is 31.4 Å². The molecule has 2 N–H and O–H groups in total. The first kappa shape index (κ1) is 19.9. The highest BCUT2D eigenvalue weighted by atomic mass is 32.2. The first-order valence-corrected chi connectivity index (χ1v) is 10.9. The Morgan fingerprint density at radius 3 is 2.48 bits per heavy atom.